The molecule has 0 aliphatic rings. The van der Waals surface area contributed by atoms with Gasteiger partial charge in [-0.2, -0.15) is 0 Å². The molecule has 15 heavy (non-hydrogen) atoms. The van der Waals surface area contributed by atoms with Gasteiger partial charge < -0.3 is 16.8 Å². The maximum Gasteiger partial charge on any atom is 0.0165 e. The zero-order valence-electron chi connectivity index (χ0n) is 10.7. The maximum absolute atomic E-state index is 5.96. The Bertz CT molecular complexity index is 140. The largest absolute Gasteiger partial charge is 0.330 e. The second kappa shape index (κ2) is 8.08. The van der Waals surface area contributed by atoms with Gasteiger partial charge in [0.25, 0.3) is 0 Å². The monoisotopic (exact) mass is 215 g/mol. The minimum Gasteiger partial charge on any atom is -0.330 e. The van der Waals surface area contributed by atoms with Gasteiger partial charge in [0.1, 0.15) is 0 Å². The Morgan fingerprint density at radius 2 is 1.87 bits per heavy atom. The van der Waals surface area contributed by atoms with E-state index in [2.05, 4.69) is 26.1 Å². The fourth-order valence-electron chi connectivity index (χ4n) is 1.40. The lowest BCUT2D eigenvalue weighted by atomic mass is 9.92. The van der Waals surface area contributed by atoms with Gasteiger partial charge in [-0.3, -0.25) is 0 Å². The SMILES string of the molecule is CC(C)(C)CCNC[C@@H](N)CCCCN. The van der Waals surface area contributed by atoms with Crippen molar-refractivity contribution in [3.8, 4) is 0 Å². The van der Waals surface area contributed by atoms with E-state index in [-0.39, 0.29) is 6.04 Å². The molecule has 0 aromatic rings. The van der Waals surface area contributed by atoms with Gasteiger partial charge >= 0.3 is 0 Å². The van der Waals surface area contributed by atoms with Crippen molar-refractivity contribution in [2.24, 2.45) is 16.9 Å². The number of unbranched alkanes of at least 4 members (excludes halogenated alkanes) is 1. The highest BCUT2D eigenvalue weighted by Gasteiger charge is 2.09. The lowest BCUT2D eigenvalue weighted by Gasteiger charge is -2.19. The molecule has 0 radical (unpaired) electrons. The molecule has 92 valence electrons. The number of nitrogens with one attached hydrogen (secondary N) is 1. The van der Waals surface area contributed by atoms with Crippen LogP contribution in [0.4, 0.5) is 0 Å². The van der Waals surface area contributed by atoms with Crippen LogP contribution in [-0.4, -0.2) is 25.7 Å². The zero-order valence-corrected chi connectivity index (χ0v) is 10.7. The molecule has 0 saturated carbocycles. The maximum atomic E-state index is 5.96. The Morgan fingerprint density at radius 3 is 2.40 bits per heavy atom. The van der Waals surface area contributed by atoms with Crippen molar-refractivity contribution in [2.45, 2.75) is 52.5 Å². The lowest BCUT2D eigenvalue weighted by Crippen LogP contribution is -2.35. The first-order valence-corrected chi connectivity index (χ1v) is 6.12. The Balaban J connectivity index is 3.27. The molecule has 0 aromatic carbocycles. The van der Waals surface area contributed by atoms with Gasteiger partial charge in [0, 0.05) is 12.6 Å². The minimum absolute atomic E-state index is 0.288. The first-order valence-electron chi connectivity index (χ1n) is 6.12. The van der Waals surface area contributed by atoms with Crippen molar-refractivity contribution in [1.82, 2.24) is 5.32 Å². The van der Waals surface area contributed by atoms with Crippen molar-refractivity contribution < 1.29 is 0 Å². The van der Waals surface area contributed by atoms with Crippen LogP contribution < -0.4 is 16.8 Å². The Hall–Kier alpha value is -0.120. The summed E-state index contributed by atoms with van der Waals surface area (Å²) in [6, 6.07) is 0.288. The van der Waals surface area contributed by atoms with Crippen LogP contribution in [0.15, 0.2) is 0 Å². The molecule has 0 amide bonds. The summed E-state index contributed by atoms with van der Waals surface area (Å²) in [5.74, 6) is 0. The van der Waals surface area contributed by atoms with Gasteiger partial charge in [-0.1, -0.05) is 27.2 Å². The number of rotatable bonds is 8. The van der Waals surface area contributed by atoms with Crippen LogP contribution in [0.2, 0.25) is 0 Å². The third-order valence-corrected chi connectivity index (χ3v) is 2.49. The quantitative estimate of drug-likeness (QED) is 0.537. The molecule has 0 spiro atoms. The third-order valence-electron chi connectivity index (χ3n) is 2.49. The van der Waals surface area contributed by atoms with Gasteiger partial charge in [-0.05, 0) is 37.8 Å². The van der Waals surface area contributed by atoms with Gasteiger partial charge in [0.2, 0.25) is 0 Å². The van der Waals surface area contributed by atoms with E-state index in [9.17, 15) is 0 Å². The minimum atomic E-state index is 0.288. The highest BCUT2D eigenvalue weighted by atomic mass is 14.9. The summed E-state index contributed by atoms with van der Waals surface area (Å²) in [6.07, 6.45) is 4.52. The van der Waals surface area contributed by atoms with Crippen LogP contribution >= 0.6 is 0 Å². The van der Waals surface area contributed by atoms with E-state index in [0.29, 0.717) is 5.41 Å². The molecular formula is C12H29N3. The zero-order chi connectivity index (χ0) is 11.7. The van der Waals surface area contributed by atoms with Crippen LogP contribution in [-0.2, 0) is 0 Å². The number of hydrogen-bond donors (Lipinski definition) is 3. The molecule has 0 fully saturated rings. The lowest BCUT2D eigenvalue weighted by molar-refractivity contribution is 0.362. The van der Waals surface area contributed by atoms with E-state index in [1.165, 1.54) is 6.42 Å². The Kier molecular flexibility index (Phi) is 8.02. The van der Waals surface area contributed by atoms with Crippen LogP contribution in [0, 0.1) is 5.41 Å². The summed E-state index contributed by atoms with van der Waals surface area (Å²) in [4.78, 5) is 0. The second-order valence-electron chi connectivity index (χ2n) is 5.56. The summed E-state index contributed by atoms with van der Waals surface area (Å²) in [5.41, 5.74) is 11.8. The number of nitrogens with two attached hydrogens (primary N) is 2. The molecule has 3 nitrogen and oxygen atoms in total. The Labute approximate surface area is 95.0 Å². The van der Waals surface area contributed by atoms with Crippen LogP contribution in [0.5, 0.6) is 0 Å². The normalized spacial score (nSPS) is 14.2. The van der Waals surface area contributed by atoms with Crippen molar-refractivity contribution in [3.05, 3.63) is 0 Å². The molecule has 0 aliphatic heterocycles. The van der Waals surface area contributed by atoms with E-state index < -0.39 is 0 Å². The standard InChI is InChI=1S/C12H29N3/c1-12(2,3)7-9-15-10-11(14)6-4-5-8-13/h11,15H,4-10,13-14H2,1-3H3/t11-/m0/s1. The fraction of sp³-hybridized carbons (Fsp3) is 1.00. The molecule has 0 heterocycles. The predicted molar refractivity (Wildman–Crippen MR) is 67.8 cm³/mol. The predicted octanol–water partition coefficient (Wildman–Crippen LogP) is 1.47. The highest BCUT2D eigenvalue weighted by molar-refractivity contribution is 4.67. The van der Waals surface area contributed by atoms with E-state index in [1.807, 2.05) is 0 Å². The highest BCUT2D eigenvalue weighted by Crippen LogP contribution is 2.16. The van der Waals surface area contributed by atoms with Crippen molar-refractivity contribution >= 4 is 0 Å². The molecule has 0 aliphatic carbocycles. The fourth-order valence-corrected chi connectivity index (χ4v) is 1.40. The smallest absolute Gasteiger partial charge is 0.0165 e. The van der Waals surface area contributed by atoms with Gasteiger partial charge in [-0.25, -0.2) is 0 Å². The molecule has 3 heteroatoms. The van der Waals surface area contributed by atoms with Gasteiger partial charge in [0.05, 0.1) is 0 Å². The van der Waals surface area contributed by atoms with Crippen LogP contribution in [0.25, 0.3) is 0 Å². The molecule has 5 N–H and O–H groups in total. The second-order valence-corrected chi connectivity index (χ2v) is 5.56. The molecule has 0 aromatic heterocycles. The molecule has 0 bridgehead atoms. The van der Waals surface area contributed by atoms with E-state index >= 15 is 0 Å². The van der Waals surface area contributed by atoms with Crippen LogP contribution in [0.3, 0.4) is 0 Å². The first kappa shape index (κ1) is 14.9. The molecule has 1 atom stereocenters. The molecule has 0 rings (SSSR count). The summed E-state index contributed by atoms with van der Waals surface area (Å²) >= 11 is 0. The van der Waals surface area contributed by atoms with E-state index in [4.69, 9.17) is 11.5 Å². The molecule has 0 saturated heterocycles. The third kappa shape index (κ3) is 11.8. The van der Waals surface area contributed by atoms with E-state index in [0.717, 1.165) is 38.9 Å². The van der Waals surface area contributed by atoms with Crippen molar-refractivity contribution in [2.75, 3.05) is 19.6 Å². The van der Waals surface area contributed by atoms with Crippen molar-refractivity contribution in [1.29, 1.82) is 0 Å². The number of hydrogen-bond acceptors (Lipinski definition) is 3. The molecule has 0 unspecified atom stereocenters. The van der Waals surface area contributed by atoms with Crippen LogP contribution in [0.1, 0.15) is 46.5 Å². The Morgan fingerprint density at radius 1 is 1.20 bits per heavy atom. The van der Waals surface area contributed by atoms with Crippen molar-refractivity contribution in [3.63, 3.8) is 0 Å². The van der Waals surface area contributed by atoms with Gasteiger partial charge in [0.15, 0.2) is 0 Å². The van der Waals surface area contributed by atoms with E-state index in [1.54, 1.807) is 0 Å². The summed E-state index contributed by atoms with van der Waals surface area (Å²) in [6.45, 7) is 9.56. The topological polar surface area (TPSA) is 64.1 Å². The summed E-state index contributed by atoms with van der Waals surface area (Å²) < 4.78 is 0. The van der Waals surface area contributed by atoms with Gasteiger partial charge in [-0.15, -0.1) is 0 Å². The first-order chi connectivity index (χ1) is 6.95. The average Bonchev–Trinajstić information content (AvgIpc) is 2.11. The summed E-state index contributed by atoms with van der Waals surface area (Å²) in [7, 11) is 0. The summed E-state index contributed by atoms with van der Waals surface area (Å²) in [5, 5.41) is 3.41. The average molecular weight is 215 g/mol. The molecular weight excluding hydrogens is 186 g/mol.